The molecule has 3 heterocycles. The molecular formula is C21H26N6S. The van der Waals surface area contributed by atoms with Crippen LogP contribution in [0.5, 0.6) is 0 Å². The Hall–Kier alpha value is -2.80. The van der Waals surface area contributed by atoms with Gasteiger partial charge in [-0.1, -0.05) is 18.2 Å². The Bertz CT molecular complexity index is 879. The molecule has 0 aliphatic carbocycles. The molecule has 4 rings (SSSR count). The van der Waals surface area contributed by atoms with Gasteiger partial charge in [-0.2, -0.15) is 5.10 Å². The molecule has 6 nitrogen and oxygen atoms in total. The van der Waals surface area contributed by atoms with E-state index in [2.05, 4.69) is 49.3 Å². The molecule has 1 aromatic carbocycles. The van der Waals surface area contributed by atoms with Crippen LogP contribution in [0.15, 0.2) is 65.2 Å². The minimum atomic E-state index is 0.453. The predicted molar refractivity (Wildman–Crippen MR) is 116 cm³/mol. The van der Waals surface area contributed by atoms with Crippen LogP contribution in [0.25, 0.3) is 5.69 Å². The molecule has 2 N–H and O–H groups in total. The highest BCUT2D eigenvalue weighted by molar-refractivity contribution is 7.14. The standard InChI is InChI=1S/C21H26N6S/c1-22-21(25-18-9-11-26(12-10-18)20-8-5-13-28-20)23-14-17-15-24-27(16-17)19-6-3-2-4-7-19/h2-8,13,15-16,18H,9-12,14H2,1H3,(H2,22,23,25). The maximum Gasteiger partial charge on any atom is 0.191 e. The molecule has 0 saturated carbocycles. The summed E-state index contributed by atoms with van der Waals surface area (Å²) in [7, 11) is 1.82. The summed E-state index contributed by atoms with van der Waals surface area (Å²) in [6, 6.07) is 14.9. The SMILES string of the molecule is CN=C(NCc1cnn(-c2ccccc2)c1)NC1CCN(c2cccs2)CC1. The maximum absolute atomic E-state index is 4.45. The van der Waals surface area contributed by atoms with E-state index in [1.165, 1.54) is 5.00 Å². The highest BCUT2D eigenvalue weighted by Crippen LogP contribution is 2.24. The highest BCUT2D eigenvalue weighted by Gasteiger charge is 2.20. The number of piperidine rings is 1. The number of aliphatic imine (C=N–C) groups is 1. The van der Waals surface area contributed by atoms with Gasteiger partial charge >= 0.3 is 0 Å². The molecule has 28 heavy (non-hydrogen) atoms. The Morgan fingerprint density at radius 3 is 2.71 bits per heavy atom. The number of para-hydroxylation sites is 1. The number of nitrogens with zero attached hydrogens (tertiary/aromatic N) is 4. The molecule has 2 aromatic heterocycles. The number of guanidine groups is 1. The van der Waals surface area contributed by atoms with Gasteiger partial charge in [0.25, 0.3) is 0 Å². The molecule has 0 amide bonds. The van der Waals surface area contributed by atoms with Gasteiger partial charge in [0.2, 0.25) is 0 Å². The zero-order valence-electron chi connectivity index (χ0n) is 16.1. The van der Waals surface area contributed by atoms with Crippen LogP contribution in [-0.4, -0.2) is 41.9 Å². The number of aromatic nitrogens is 2. The van der Waals surface area contributed by atoms with E-state index in [0.29, 0.717) is 12.6 Å². The maximum atomic E-state index is 4.45. The Morgan fingerprint density at radius 1 is 1.18 bits per heavy atom. The van der Waals surface area contributed by atoms with Crippen LogP contribution in [0.3, 0.4) is 0 Å². The summed E-state index contributed by atoms with van der Waals surface area (Å²) < 4.78 is 1.90. The van der Waals surface area contributed by atoms with Gasteiger partial charge in [0.1, 0.15) is 0 Å². The molecule has 7 heteroatoms. The van der Waals surface area contributed by atoms with Crippen LogP contribution in [0, 0.1) is 0 Å². The van der Waals surface area contributed by atoms with Crippen molar-refractivity contribution in [3.05, 3.63) is 65.8 Å². The number of thiophene rings is 1. The summed E-state index contributed by atoms with van der Waals surface area (Å²) in [6.45, 7) is 2.86. The van der Waals surface area contributed by atoms with Crippen LogP contribution in [0.2, 0.25) is 0 Å². The van der Waals surface area contributed by atoms with E-state index in [1.807, 2.05) is 59.6 Å². The first kappa shape index (κ1) is 18.6. The highest BCUT2D eigenvalue weighted by atomic mass is 32.1. The molecular weight excluding hydrogens is 368 g/mol. The van der Waals surface area contributed by atoms with Crippen LogP contribution >= 0.6 is 11.3 Å². The van der Waals surface area contributed by atoms with Crippen molar-refractivity contribution in [3.63, 3.8) is 0 Å². The molecule has 1 fully saturated rings. The molecule has 0 atom stereocenters. The summed E-state index contributed by atoms with van der Waals surface area (Å²) in [4.78, 5) is 6.86. The first-order chi connectivity index (χ1) is 13.8. The van der Waals surface area contributed by atoms with Crippen molar-refractivity contribution in [2.24, 2.45) is 4.99 Å². The number of hydrogen-bond donors (Lipinski definition) is 2. The first-order valence-electron chi connectivity index (χ1n) is 9.66. The van der Waals surface area contributed by atoms with Gasteiger partial charge in [-0.3, -0.25) is 4.99 Å². The fourth-order valence-electron chi connectivity index (χ4n) is 3.44. The smallest absolute Gasteiger partial charge is 0.191 e. The van der Waals surface area contributed by atoms with Crippen molar-refractivity contribution in [1.29, 1.82) is 0 Å². The van der Waals surface area contributed by atoms with E-state index in [1.54, 1.807) is 0 Å². The quantitative estimate of drug-likeness (QED) is 0.515. The molecule has 0 bridgehead atoms. The monoisotopic (exact) mass is 394 g/mol. The third kappa shape index (κ3) is 4.54. The van der Waals surface area contributed by atoms with Crippen molar-refractivity contribution in [3.8, 4) is 5.69 Å². The summed E-state index contributed by atoms with van der Waals surface area (Å²) in [6.07, 6.45) is 6.18. The minimum absolute atomic E-state index is 0.453. The number of hydrogen-bond acceptors (Lipinski definition) is 4. The second-order valence-corrected chi connectivity index (χ2v) is 7.84. The number of nitrogens with one attached hydrogen (secondary N) is 2. The number of anilines is 1. The average molecular weight is 395 g/mol. The van der Waals surface area contributed by atoms with Crippen molar-refractivity contribution in [1.82, 2.24) is 20.4 Å². The molecule has 3 aromatic rings. The van der Waals surface area contributed by atoms with Crippen molar-refractivity contribution in [2.75, 3.05) is 25.0 Å². The van der Waals surface area contributed by atoms with Gasteiger partial charge < -0.3 is 15.5 Å². The van der Waals surface area contributed by atoms with E-state index >= 15 is 0 Å². The van der Waals surface area contributed by atoms with Gasteiger partial charge in [-0.15, -0.1) is 11.3 Å². The lowest BCUT2D eigenvalue weighted by molar-refractivity contribution is 0.463. The zero-order chi connectivity index (χ0) is 19.2. The van der Waals surface area contributed by atoms with E-state index < -0.39 is 0 Å². The molecule has 146 valence electrons. The van der Waals surface area contributed by atoms with E-state index in [9.17, 15) is 0 Å². The van der Waals surface area contributed by atoms with Gasteiger partial charge in [0.05, 0.1) is 16.9 Å². The second-order valence-electron chi connectivity index (χ2n) is 6.91. The number of rotatable bonds is 5. The van der Waals surface area contributed by atoms with Crippen LogP contribution in [-0.2, 0) is 6.54 Å². The first-order valence-corrected chi connectivity index (χ1v) is 10.5. The normalized spacial score (nSPS) is 15.6. The number of benzene rings is 1. The topological polar surface area (TPSA) is 57.5 Å². The van der Waals surface area contributed by atoms with Crippen LogP contribution in [0.4, 0.5) is 5.00 Å². The molecule has 0 unspecified atom stereocenters. The van der Waals surface area contributed by atoms with Gasteiger partial charge in [0, 0.05) is 44.5 Å². The Morgan fingerprint density at radius 2 is 2.00 bits per heavy atom. The van der Waals surface area contributed by atoms with E-state index in [-0.39, 0.29) is 0 Å². The zero-order valence-corrected chi connectivity index (χ0v) is 16.9. The van der Waals surface area contributed by atoms with Gasteiger partial charge in [-0.05, 0) is 42.5 Å². The molecule has 0 radical (unpaired) electrons. The van der Waals surface area contributed by atoms with Crippen molar-refractivity contribution >= 4 is 22.3 Å². The van der Waals surface area contributed by atoms with Crippen LogP contribution in [0.1, 0.15) is 18.4 Å². The largest absolute Gasteiger partial charge is 0.363 e. The molecule has 1 aliphatic heterocycles. The predicted octanol–water partition coefficient (Wildman–Crippen LogP) is 3.27. The van der Waals surface area contributed by atoms with Crippen LogP contribution < -0.4 is 15.5 Å². The summed E-state index contributed by atoms with van der Waals surface area (Å²) in [5, 5.41) is 14.9. The lowest BCUT2D eigenvalue weighted by Gasteiger charge is -2.33. The summed E-state index contributed by atoms with van der Waals surface area (Å²) in [5.41, 5.74) is 2.19. The molecule has 0 spiro atoms. The van der Waals surface area contributed by atoms with E-state index in [4.69, 9.17) is 0 Å². The summed E-state index contributed by atoms with van der Waals surface area (Å²) >= 11 is 1.82. The van der Waals surface area contributed by atoms with Gasteiger partial charge in [-0.25, -0.2) is 4.68 Å². The Labute approximate surface area is 169 Å². The van der Waals surface area contributed by atoms with Crippen molar-refractivity contribution < 1.29 is 0 Å². The third-order valence-corrected chi connectivity index (χ3v) is 5.92. The fraction of sp³-hybridized carbons (Fsp3) is 0.333. The second kappa shape index (κ2) is 8.93. The summed E-state index contributed by atoms with van der Waals surface area (Å²) in [5.74, 6) is 0.849. The third-order valence-electron chi connectivity index (χ3n) is 4.99. The minimum Gasteiger partial charge on any atom is -0.363 e. The molecule has 1 aliphatic rings. The molecule has 1 saturated heterocycles. The van der Waals surface area contributed by atoms with E-state index in [0.717, 1.165) is 43.1 Å². The Balaban J connectivity index is 1.26. The van der Waals surface area contributed by atoms with Crippen molar-refractivity contribution in [2.45, 2.75) is 25.4 Å². The fourth-order valence-corrected chi connectivity index (χ4v) is 4.23. The average Bonchev–Trinajstić information content (AvgIpc) is 3.44. The lowest BCUT2D eigenvalue weighted by Crippen LogP contribution is -2.48. The Kier molecular flexibility index (Phi) is 5.92. The van der Waals surface area contributed by atoms with Gasteiger partial charge in [0.15, 0.2) is 5.96 Å². The lowest BCUT2D eigenvalue weighted by atomic mass is 10.1.